The first-order valence-corrected chi connectivity index (χ1v) is 8.72. The second kappa shape index (κ2) is 7.59. The molecule has 0 saturated carbocycles. The van der Waals surface area contributed by atoms with Gasteiger partial charge in [0.25, 0.3) is 10.9 Å². The molecule has 1 N–H and O–H groups in total. The van der Waals surface area contributed by atoms with E-state index in [-0.39, 0.29) is 5.91 Å². The van der Waals surface area contributed by atoms with Gasteiger partial charge in [-0.15, -0.1) is 0 Å². The molecule has 0 bridgehead atoms. The molecule has 1 aliphatic rings. The number of carbonyl (C=O) groups is 1. The Morgan fingerprint density at radius 1 is 1.08 bits per heavy atom. The van der Waals surface area contributed by atoms with E-state index in [0.29, 0.717) is 44.1 Å². The summed E-state index contributed by atoms with van der Waals surface area (Å²) in [6, 6.07) is 7.74. The SMILES string of the molecule is COc1ccc(CCNc2c(N3CCN(C(C)=O)CC3)c(=O)c2=O)cc1. The Morgan fingerprint density at radius 2 is 1.73 bits per heavy atom. The molecular weight excluding hydrogens is 334 g/mol. The minimum Gasteiger partial charge on any atom is -0.497 e. The van der Waals surface area contributed by atoms with Crippen molar-refractivity contribution < 1.29 is 9.53 Å². The van der Waals surface area contributed by atoms with Crippen LogP contribution in [0, 0.1) is 0 Å². The maximum Gasteiger partial charge on any atom is 0.253 e. The van der Waals surface area contributed by atoms with E-state index < -0.39 is 10.9 Å². The Morgan fingerprint density at radius 3 is 2.31 bits per heavy atom. The fraction of sp³-hybridized carbons (Fsp3) is 0.421. The number of amides is 1. The van der Waals surface area contributed by atoms with Gasteiger partial charge in [-0.1, -0.05) is 12.1 Å². The molecule has 0 aromatic heterocycles. The Bertz CT molecular complexity index is 845. The van der Waals surface area contributed by atoms with Crippen LogP contribution in [0.5, 0.6) is 5.75 Å². The summed E-state index contributed by atoms with van der Waals surface area (Å²) >= 11 is 0. The molecule has 0 atom stereocenters. The molecule has 1 fully saturated rings. The van der Waals surface area contributed by atoms with Crippen LogP contribution in [0.1, 0.15) is 12.5 Å². The zero-order valence-electron chi connectivity index (χ0n) is 15.1. The van der Waals surface area contributed by atoms with Crippen molar-refractivity contribution in [3.63, 3.8) is 0 Å². The van der Waals surface area contributed by atoms with Gasteiger partial charge < -0.3 is 19.9 Å². The highest BCUT2D eigenvalue weighted by Gasteiger charge is 2.28. The highest BCUT2D eigenvalue weighted by molar-refractivity contribution is 5.77. The molecule has 0 spiro atoms. The quantitative estimate of drug-likeness (QED) is 0.764. The molecule has 0 unspecified atom stereocenters. The van der Waals surface area contributed by atoms with Gasteiger partial charge in [0.05, 0.1) is 7.11 Å². The van der Waals surface area contributed by atoms with Crippen LogP contribution in [0.4, 0.5) is 11.4 Å². The van der Waals surface area contributed by atoms with Crippen molar-refractivity contribution in [3.05, 3.63) is 50.3 Å². The fourth-order valence-electron chi connectivity index (χ4n) is 3.21. The Balaban J connectivity index is 1.59. The molecule has 7 nitrogen and oxygen atoms in total. The lowest BCUT2D eigenvalue weighted by atomic mass is 10.1. The number of nitrogens with zero attached hydrogens (tertiary/aromatic N) is 2. The number of methoxy groups -OCH3 is 1. The van der Waals surface area contributed by atoms with Crippen LogP contribution in [-0.2, 0) is 11.2 Å². The van der Waals surface area contributed by atoms with Crippen LogP contribution < -0.4 is 25.8 Å². The molecule has 1 saturated heterocycles. The number of ether oxygens (including phenoxy) is 1. The monoisotopic (exact) mass is 357 g/mol. The number of carbonyl (C=O) groups excluding carboxylic acids is 1. The molecule has 26 heavy (non-hydrogen) atoms. The van der Waals surface area contributed by atoms with Crippen LogP contribution in [0.25, 0.3) is 0 Å². The van der Waals surface area contributed by atoms with Gasteiger partial charge in [0.2, 0.25) is 5.91 Å². The lowest BCUT2D eigenvalue weighted by Gasteiger charge is -2.36. The maximum atomic E-state index is 12.0. The lowest BCUT2D eigenvalue weighted by Crippen LogP contribution is -2.52. The summed E-state index contributed by atoms with van der Waals surface area (Å²) < 4.78 is 5.13. The smallest absolute Gasteiger partial charge is 0.253 e. The van der Waals surface area contributed by atoms with E-state index in [9.17, 15) is 14.4 Å². The average Bonchev–Trinajstić information content (AvgIpc) is 2.67. The van der Waals surface area contributed by atoms with Crippen LogP contribution in [0.2, 0.25) is 0 Å². The van der Waals surface area contributed by atoms with Gasteiger partial charge in [-0.25, -0.2) is 0 Å². The molecule has 0 radical (unpaired) electrons. The van der Waals surface area contributed by atoms with Gasteiger partial charge in [0, 0.05) is 39.6 Å². The number of rotatable bonds is 6. The first-order chi connectivity index (χ1) is 12.5. The lowest BCUT2D eigenvalue weighted by molar-refractivity contribution is -0.129. The maximum absolute atomic E-state index is 12.0. The van der Waals surface area contributed by atoms with Crippen LogP contribution in [-0.4, -0.2) is 50.6 Å². The van der Waals surface area contributed by atoms with E-state index in [1.807, 2.05) is 29.2 Å². The highest BCUT2D eigenvalue weighted by atomic mass is 16.5. The second-order valence-electron chi connectivity index (χ2n) is 6.40. The number of hydrogen-bond acceptors (Lipinski definition) is 6. The summed E-state index contributed by atoms with van der Waals surface area (Å²) in [6.07, 6.45) is 0.736. The summed E-state index contributed by atoms with van der Waals surface area (Å²) in [5.41, 5.74) is 1.10. The third kappa shape index (κ3) is 3.56. The van der Waals surface area contributed by atoms with Crippen LogP contribution in [0.15, 0.2) is 33.9 Å². The average molecular weight is 357 g/mol. The van der Waals surface area contributed by atoms with Crippen LogP contribution in [0.3, 0.4) is 0 Å². The first kappa shape index (κ1) is 18.0. The van der Waals surface area contributed by atoms with Gasteiger partial charge in [0.1, 0.15) is 17.1 Å². The first-order valence-electron chi connectivity index (χ1n) is 8.72. The highest BCUT2D eigenvalue weighted by Crippen LogP contribution is 2.22. The summed E-state index contributed by atoms with van der Waals surface area (Å²) in [5.74, 6) is 0.837. The predicted octanol–water partition coefficient (Wildman–Crippen LogP) is 0.614. The molecule has 2 aromatic carbocycles. The third-order valence-corrected chi connectivity index (χ3v) is 4.80. The van der Waals surface area contributed by atoms with E-state index in [1.165, 1.54) is 0 Å². The molecule has 1 heterocycles. The zero-order chi connectivity index (χ0) is 18.7. The van der Waals surface area contributed by atoms with Crippen molar-refractivity contribution in [1.29, 1.82) is 0 Å². The summed E-state index contributed by atoms with van der Waals surface area (Å²) in [6.45, 7) is 4.38. The van der Waals surface area contributed by atoms with E-state index in [2.05, 4.69) is 5.32 Å². The van der Waals surface area contributed by atoms with Gasteiger partial charge in [0.15, 0.2) is 0 Å². The summed E-state index contributed by atoms with van der Waals surface area (Å²) in [7, 11) is 1.63. The number of piperazine rings is 1. The topological polar surface area (TPSA) is 79.0 Å². The van der Waals surface area contributed by atoms with Gasteiger partial charge >= 0.3 is 0 Å². The number of nitrogens with one attached hydrogen (secondary N) is 1. The number of hydrogen-bond donors (Lipinski definition) is 1. The molecule has 1 amide bonds. The molecule has 3 rings (SSSR count). The molecule has 1 aliphatic heterocycles. The number of benzene rings is 1. The minimum absolute atomic E-state index is 0.0347. The van der Waals surface area contributed by atoms with Crippen molar-refractivity contribution in [1.82, 2.24) is 4.90 Å². The molecule has 7 heteroatoms. The molecule has 2 aromatic rings. The van der Waals surface area contributed by atoms with Gasteiger partial charge in [-0.3, -0.25) is 14.4 Å². The Labute approximate surface area is 151 Å². The predicted molar refractivity (Wildman–Crippen MR) is 101 cm³/mol. The largest absolute Gasteiger partial charge is 0.497 e. The van der Waals surface area contributed by atoms with Crippen LogP contribution >= 0.6 is 0 Å². The van der Waals surface area contributed by atoms with Gasteiger partial charge in [-0.05, 0) is 24.1 Å². The second-order valence-corrected chi connectivity index (χ2v) is 6.40. The Hall–Kier alpha value is -2.83. The molecule has 138 valence electrons. The van der Waals surface area contributed by atoms with Crippen molar-refractivity contribution in [2.75, 3.05) is 50.1 Å². The standard InChI is InChI=1S/C19H23N3O4/c1-13(23)21-9-11-22(12-10-21)17-16(18(24)19(17)25)20-8-7-14-3-5-15(26-2)6-4-14/h3-6,20H,7-12H2,1-2H3. The summed E-state index contributed by atoms with van der Waals surface area (Å²) in [4.78, 5) is 39.0. The summed E-state index contributed by atoms with van der Waals surface area (Å²) in [5, 5.41) is 3.11. The van der Waals surface area contributed by atoms with E-state index >= 15 is 0 Å². The van der Waals surface area contributed by atoms with E-state index in [4.69, 9.17) is 4.74 Å². The van der Waals surface area contributed by atoms with E-state index in [1.54, 1.807) is 18.9 Å². The third-order valence-electron chi connectivity index (χ3n) is 4.80. The van der Waals surface area contributed by atoms with Gasteiger partial charge in [-0.2, -0.15) is 0 Å². The van der Waals surface area contributed by atoms with Crippen molar-refractivity contribution in [3.8, 4) is 5.75 Å². The minimum atomic E-state index is -0.455. The van der Waals surface area contributed by atoms with E-state index in [0.717, 1.165) is 17.7 Å². The van der Waals surface area contributed by atoms with Crippen molar-refractivity contribution in [2.24, 2.45) is 0 Å². The normalized spacial score (nSPS) is 14.5. The molecule has 0 aliphatic carbocycles. The zero-order valence-corrected chi connectivity index (χ0v) is 15.1. The Kier molecular flexibility index (Phi) is 5.25. The van der Waals surface area contributed by atoms with Crippen molar-refractivity contribution in [2.45, 2.75) is 13.3 Å². The number of anilines is 2. The fourth-order valence-corrected chi connectivity index (χ4v) is 3.21. The molecular formula is C19H23N3O4. The van der Waals surface area contributed by atoms with Crippen molar-refractivity contribution >= 4 is 17.3 Å².